The summed E-state index contributed by atoms with van der Waals surface area (Å²) in [6, 6.07) is 5.83. The Morgan fingerprint density at radius 3 is 2.83 bits per heavy atom. The lowest BCUT2D eigenvalue weighted by Gasteiger charge is -2.30. The van der Waals surface area contributed by atoms with Gasteiger partial charge in [-0.3, -0.25) is 9.69 Å². The predicted octanol–water partition coefficient (Wildman–Crippen LogP) is 2.12. The van der Waals surface area contributed by atoms with E-state index in [1.807, 2.05) is 0 Å². The summed E-state index contributed by atoms with van der Waals surface area (Å²) >= 11 is 7.10. The molecule has 6 heteroatoms. The summed E-state index contributed by atoms with van der Waals surface area (Å²) in [7, 11) is 0. The zero-order chi connectivity index (χ0) is 13.0. The number of piperidine rings is 1. The Bertz CT molecular complexity index is 460. The number of likely N-dealkylation sites (tertiary alicyclic amines) is 1. The van der Waals surface area contributed by atoms with Crippen LogP contribution in [0, 0.1) is 11.3 Å². The van der Waals surface area contributed by atoms with Gasteiger partial charge in [0.25, 0.3) is 5.91 Å². The van der Waals surface area contributed by atoms with Gasteiger partial charge in [0.05, 0.1) is 21.8 Å². The van der Waals surface area contributed by atoms with Gasteiger partial charge in [0, 0.05) is 19.1 Å². The highest BCUT2D eigenvalue weighted by molar-refractivity contribution is 7.17. The number of carbonyl (C=O) groups is 1. The van der Waals surface area contributed by atoms with Gasteiger partial charge in [-0.2, -0.15) is 5.26 Å². The summed E-state index contributed by atoms with van der Waals surface area (Å²) in [6.07, 6.45) is 1.79. The maximum atomic E-state index is 11.9. The molecule has 1 aliphatic heterocycles. The molecule has 0 saturated carbocycles. The van der Waals surface area contributed by atoms with Gasteiger partial charge in [-0.05, 0) is 25.0 Å². The van der Waals surface area contributed by atoms with E-state index in [-0.39, 0.29) is 11.9 Å². The molecule has 0 atom stereocenters. The van der Waals surface area contributed by atoms with Gasteiger partial charge in [0.15, 0.2) is 0 Å². The molecular formula is C12H14ClN3OS. The molecule has 96 valence electrons. The van der Waals surface area contributed by atoms with Crippen molar-refractivity contribution >= 4 is 28.8 Å². The van der Waals surface area contributed by atoms with Gasteiger partial charge in [-0.15, -0.1) is 11.3 Å². The molecule has 1 aliphatic rings. The van der Waals surface area contributed by atoms with Crippen LogP contribution in [0.5, 0.6) is 0 Å². The fourth-order valence-electron chi connectivity index (χ4n) is 2.03. The van der Waals surface area contributed by atoms with E-state index < -0.39 is 0 Å². The Balaban J connectivity index is 1.81. The molecule has 1 saturated heterocycles. The van der Waals surface area contributed by atoms with Gasteiger partial charge >= 0.3 is 0 Å². The second-order valence-electron chi connectivity index (χ2n) is 4.29. The quantitative estimate of drug-likeness (QED) is 0.865. The van der Waals surface area contributed by atoms with E-state index in [4.69, 9.17) is 16.9 Å². The Hall–Kier alpha value is -1.09. The molecule has 18 heavy (non-hydrogen) atoms. The zero-order valence-electron chi connectivity index (χ0n) is 9.86. The molecule has 0 spiro atoms. The van der Waals surface area contributed by atoms with E-state index >= 15 is 0 Å². The smallest absolute Gasteiger partial charge is 0.261 e. The lowest BCUT2D eigenvalue weighted by Crippen LogP contribution is -2.44. The second-order valence-corrected chi connectivity index (χ2v) is 6.00. The molecule has 0 aliphatic carbocycles. The van der Waals surface area contributed by atoms with E-state index in [0.717, 1.165) is 25.9 Å². The van der Waals surface area contributed by atoms with Crippen LogP contribution in [0.3, 0.4) is 0 Å². The van der Waals surface area contributed by atoms with E-state index in [1.165, 1.54) is 11.3 Å². The van der Waals surface area contributed by atoms with Crippen LogP contribution >= 0.6 is 22.9 Å². The van der Waals surface area contributed by atoms with Crippen molar-refractivity contribution < 1.29 is 4.79 Å². The molecule has 1 fully saturated rings. The molecule has 0 unspecified atom stereocenters. The molecule has 1 N–H and O–H groups in total. The maximum Gasteiger partial charge on any atom is 0.261 e. The molecule has 0 aromatic carbocycles. The van der Waals surface area contributed by atoms with Crippen molar-refractivity contribution in [3.8, 4) is 6.07 Å². The number of hydrogen-bond acceptors (Lipinski definition) is 4. The molecule has 1 aromatic rings. The van der Waals surface area contributed by atoms with E-state index in [1.54, 1.807) is 12.1 Å². The van der Waals surface area contributed by atoms with Gasteiger partial charge in [0.2, 0.25) is 0 Å². The molecule has 4 nitrogen and oxygen atoms in total. The number of halogens is 1. The minimum absolute atomic E-state index is 0.0503. The van der Waals surface area contributed by atoms with Crippen molar-refractivity contribution in [1.29, 1.82) is 5.26 Å². The first-order valence-corrected chi connectivity index (χ1v) is 7.04. The molecule has 1 amide bonds. The number of amides is 1. The number of nitriles is 1. The van der Waals surface area contributed by atoms with Gasteiger partial charge in [0.1, 0.15) is 0 Å². The minimum Gasteiger partial charge on any atom is -0.349 e. The van der Waals surface area contributed by atoms with Crippen LogP contribution in [-0.2, 0) is 0 Å². The molecule has 0 radical (unpaired) electrons. The van der Waals surface area contributed by atoms with Crippen LogP contribution in [0.25, 0.3) is 0 Å². The average molecular weight is 284 g/mol. The highest BCUT2D eigenvalue weighted by Crippen LogP contribution is 2.21. The third kappa shape index (κ3) is 3.45. The summed E-state index contributed by atoms with van der Waals surface area (Å²) < 4.78 is 0.629. The molecule has 2 heterocycles. The predicted molar refractivity (Wildman–Crippen MR) is 71.9 cm³/mol. The van der Waals surface area contributed by atoms with E-state index in [2.05, 4.69) is 16.3 Å². The maximum absolute atomic E-state index is 11.9. The van der Waals surface area contributed by atoms with Gasteiger partial charge in [-0.1, -0.05) is 11.6 Å². The first-order valence-electron chi connectivity index (χ1n) is 5.84. The number of nitrogens with zero attached hydrogens (tertiary/aromatic N) is 2. The first kappa shape index (κ1) is 13.3. The van der Waals surface area contributed by atoms with Crippen LogP contribution in [-0.4, -0.2) is 36.5 Å². The fraction of sp³-hybridized carbons (Fsp3) is 0.500. The summed E-state index contributed by atoms with van der Waals surface area (Å²) in [5, 5.41) is 11.6. The summed E-state index contributed by atoms with van der Waals surface area (Å²) in [5.41, 5.74) is 0. The summed E-state index contributed by atoms with van der Waals surface area (Å²) in [5.74, 6) is -0.0503. The lowest BCUT2D eigenvalue weighted by atomic mass is 10.1. The molecule has 2 rings (SSSR count). The van der Waals surface area contributed by atoms with Gasteiger partial charge < -0.3 is 5.32 Å². The van der Waals surface area contributed by atoms with Crippen molar-refractivity contribution in [1.82, 2.24) is 10.2 Å². The third-order valence-electron chi connectivity index (χ3n) is 3.01. The number of carbonyl (C=O) groups excluding carboxylic acids is 1. The molecule has 1 aromatic heterocycles. The van der Waals surface area contributed by atoms with Crippen LogP contribution in [0.4, 0.5) is 0 Å². The van der Waals surface area contributed by atoms with Crippen molar-refractivity contribution in [2.75, 3.05) is 19.6 Å². The largest absolute Gasteiger partial charge is 0.349 e. The van der Waals surface area contributed by atoms with Crippen LogP contribution in [0.2, 0.25) is 4.34 Å². The highest BCUT2D eigenvalue weighted by atomic mass is 35.5. The minimum atomic E-state index is -0.0503. The summed E-state index contributed by atoms with van der Waals surface area (Å²) in [4.78, 5) is 14.7. The Morgan fingerprint density at radius 2 is 2.28 bits per heavy atom. The van der Waals surface area contributed by atoms with Crippen LogP contribution in [0.1, 0.15) is 22.5 Å². The number of thiophene rings is 1. The SMILES string of the molecule is N#CCN1CCC(NC(=O)c2ccc(Cl)s2)CC1. The fourth-order valence-corrected chi connectivity index (χ4v) is 2.97. The lowest BCUT2D eigenvalue weighted by molar-refractivity contribution is 0.0918. The summed E-state index contributed by atoms with van der Waals surface area (Å²) in [6.45, 7) is 2.20. The van der Waals surface area contributed by atoms with Crippen molar-refractivity contribution in [3.05, 3.63) is 21.3 Å². The monoisotopic (exact) mass is 283 g/mol. The van der Waals surface area contributed by atoms with Crippen molar-refractivity contribution in [2.24, 2.45) is 0 Å². The average Bonchev–Trinajstić information content (AvgIpc) is 2.79. The standard InChI is InChI=1S/C12H14ClN3OS/c13-11-2-1-10(18-11)12(17)15-9-3-6-16(7-4-9)8-5-14/h1-2,9H,3-4,6-8H2,(H,15,17). The zero-order valence-corrected chi connectivity index (χ0v) is 11.4. The van der Waals surface area contributed by atoms with E-state index in [9.17, 15) is 4.79 Å². The highest BCUT2D eigenvalue weighted by Gasteiger charge is 2.21. The van der Waals surface area contributed by atoms with E-state index in [0.29, 0.717) is 15.8 Å². The van der Waals surface area contributed by atoms with Crippen LogP contribution in [0.15, 0.2) is 12.1 Å². The number of rotatable bonds is 3. The van der Waals surface area contributed by atoms with Crippen molar-refractivity contribution in [2.45, 2.75) is 18.9 Å². The Labute approximate surface area is 115 Å². The first-order chi connectivity index (χ1) is 8.69. The second kappa shape index (κ2) is 6.19. The molecular weight excluding hydrogens is 270 g/mol. The number of hydrogen-bond donors (Lipinski definition) is 1. The number of nitrogens with one attached hydrogen (secondary N) is 1. The third-order valence-corrected chi connectivity index (χ3v) is 4.24. The van der Waals surface area contributed by atoms with Gasteiger partial charge in [-0.25, -0.2) is 0 Å². The van der Waals surface area contributed by atoms with Crippen LogP contribution < -0.4 is 5.32 Å². The topological polar surface area (TPSA) is 56.1 Å². The van der Waals surface area contributed by atoms with Crippen molar-refractivity contribution in [3.63, 3.8) is 0 Å². The molecule has 0 bridgehead atoms. The Kier molecular flexibility index (Phi) is 4.59. The Morgan fingerprint density at radius 1 is 1.56 bits per heavy atom. The normalized spacial score (nSPS) is 17.3.